The van der Waals surface area contributed by atoms with Crippen LogP contribution in [0.3, 0.4) is 0 Å². The number of alkyl halides is 1. The Bertz CT molecular complexity index is 1510. The van der Waals surface area contributed by atoms with E-state index in [9.17, 15) is 14.0 Å². The van der Waals surface area contributed by atoms with Gasteiger partial charge in [0.2, 0.25) is 0 Å². The molecule has 0 fully saturated rings. The van der Waals surface area contributed by atoms with Crippen LogP contribution in [0.25, 0.3) is 5.69 Å². The molecule has 42 heavy (non-hydrogen) atoms. The smallest absolute Gasteiger partial charge is 0.443 e. The Balaban J connectivity index is 1.60. The summed E-state index contributed by atoms with van der Waals surface area (Å²) in [7, 11) is 0. The number of anilines is 1. The summed E-state index contributed by atoms with van der Waals surface area (Å²) >= 11 is 3.50. The van der Waals surface area contributed by atoms with Crippen LogP contribution in [0, 0.1) is 19.7 Å². The molecule has 2 heterocycles. The number of hydrazine groups is 1. The number of urea groups is 1. The summed E-state index contributed by atoms with van der Waals surface area (Å²) < 4.78 is 20.8. The number of quaternary nitrogens is 1. The van der Waals surface area contributed by atoms with Crippen LogP contribution in [0.1, 0.15) is 63.9 Å². The van der Waals surface area contributed by atoms with Crippen molar-refractivity contribution in [3.05, 3.63) is 88.6 Å². The van der Waals surface area contributed by atoms with Crippen molar-refractivity contribution in [3.8, 4) is 5.69 Å². The van der Waals surface area contributed by atoms with Crippen LogP contribution in [0.2, 0.25) is 0 Å². The molecule has 0 aliphatic carbocycles. The highest BCUT2D eigenvalue weighted by Gasteiger charge is 2.57. The van der Waals surface area contributed by atoms with E-state index in [0.29, 0.717) is 11.6 Å². The summed E-state index contributed by atoms with van der Waals surface area (Å²) in [6, 6.07) is 12.9. The van der Waals surface area contributed by atoms with Gasteiger partial charge >= 0.3 is 11.9 Å². The van der Waals surface area contributed by atoms with Crippen molar-refractivity contribution in [1.29, 1.82) is 0 Å². The molecule has 8 nitrogen and oxygen atoms in total. The molecule has 0 saturated heterocycles. The van der Waals surface area contributed by atoms with Crippen LogP contribution in [-0.4, -0.2) is 43.1 Å². The Kier molecular flexibility index (Phi) is 8.99. The van der Waals surface area contributed by atoms with E-state index in [2.05, 4.69) is 47.6 Å². The lowest BCUT2D eigenvalue weighted by Gasteiger charge is -2.43. The van der Waals surface area contributed by atoms with Gasteiger partial charge in [-0.3, -0.25) is 5.43 Å². The molecule has 3 aromatic rings. The number of amides is 3. The molecule has 3 atom stereocenters. The Hall–Kier alpha value is -3.50. The molecule has 0 spiro atoms. The second-order valence-corrected chi connectivity index (χ2v) is 13.1. The number of hydrogen-bond donors (Lipinski definition) is 2. The van der Waals surface area contributed by atoms with Gasteiger partial charge in [-0.25, -0.2) is 24.1 Å². The highest BCUT2D eigenvalue weighted by atomic mass is 79.9. The van der Waals surface area contributed by atoms with Crippen LogP contribution >= 0.6 is 15.9 Å². The summed E-state index contributed by atoms with van der Waals surface area (Å²) in [6.45, 7) is 15.8. The number of imide groups is 1. The number of benzene rings is 2. The van der Waals surface area contributed by atoms with E-state index in [-0.39, 0.29) is 29.8 Å². The van der Waals surface area contributed by atoms with Gasteiger partial charge in [-0.15, -0.1) is 0 Å². The maximum atomic E-state index is 14.0. The third-order valence-electron chi connectivity index (χ3n) is 7.78. The molecule has 3 unspecified atom stereocenters. The van der Waals surface area contributed by atoms with Gasteiger partial charge in [0.15, 0.2) is 4.83 Å². The van der Waals surface area contributed by atoms with E-state index >= 15 is 0 Å². The predicted molar refractivity (Wildman–Crippen MR) is 166 cm³/mol. The van der Waals surface area contributed by atoms with E-state index < -0.39 is 21.4 Å². The fraction of sp³-hybridized carbons (Fsp3) is 0.406. The molecule has 0 bridgehead atoms. The second kappa shape index (κ2) is 12.0. The highest BCUT2D eigenvalue weighted by Crippen LogP contribution is 2.35. The fourth-order valence-electron chi connectivity index (χ4n) is 5.23. The zero-order chi connectivity index (χ0) is 31.0. The van der Waals surface area contributed by atoms with Crippen LogP contribution < -0.4 is 10.9 Å². The maximum absolute atomic E-state index is 14.0. The van der Waals surface area contributed by atoms with Crippen LogP contribution in [-0.2, 0) is 21.6 Å². The quantitative estimate of drug-likeness (QED) is 0.165. The number of halogens is 2. The number of carbonyl (C=O) groups excluding carboxylic acids is 2. The molecule has 1 aliphatic heterocycles. The van der Waals surface area contributed by atoms with Crippen molar-refractivity contribution in [2.24, 2.45) is 0 Å². The molecular formula is C32H40BrFN5O3+. The van der Waals surface area contributed by atoms with Gasteiger partial charge in [0.25, 0.3) is 0 Å². The van der Waals surface area contributed by atoms with Crippen molar-refractivity contribution >= 4 is 33.7 Å². The van der Waals surface area contributed by atoms with Crippen molar-refractivity contribution < 1.29 is 23.2 Å². The lowest BCUT2D eigenvalue weighted by molar-refractivity contribution is -0.815. The van der Waals surface area contributed by atoms with Gasteiger partial charge in [0, 0.05) is 17.6 Å². The van der Waals surface area contributed by atoms with Gasteiger partial charge in [-0.2, -0.15) is 9.58 Å². The van der Waals surface area contributed by atoms with Gasteiger partial charge in [0.1, 0.15) is 30.0 Å². The average Bonchev–Trinajstić information content (AvgIpc) is 3.35. The molecule has 224 valence electrons. The monoisotopic (exact) mass is 640 g/mol. The van der Waals surface area contributed by atoms with Crippen molar-refractivity contribution in [2.45, 2.75) is 84.3 Å². The molecule has 4 rings (SSSR count). The summed E-state index contributed by atoms with van der Waals surface area (Å²) in [5.41, 5.74) is 10.0. The first kappa shape index (κ1) is 31.4. The second-order valence-electron chi connectivity index (χ2n) is 12.2. The lowest BCUT2D eigenvalue weighted by atomic mass is 9.92. The van der Waals surface area contributed by atoms with Crippen LogP contribution in [0.15, 0.2) is 60.4 Å². The number of carbonyl (C=O) groups is 2. The lowest BCUT2D eigenvalue weighted by Crippen LogP contribution is -2.72. The summed E-state index contributed by atoms with van der Waals surface area (Å²) in [6.07, 6.45) is 1.81. The van der Waals surface area contributed by atoms with Crippen molar-refractivity contribution in [2.75, 3.05) is 5.43 Å². The molecule has 2 N–H and O–H groups in total. The largest absolute Gasteiger partial charge is 0.491 e. The van der Waals surface area contributed by atoms with Gasteiger partial charge in [0.05, 0.1) is 17.4 Å². The number of aryl methyl sites for hydroxylation is 2. The first-order valence-corrected chi connectivity index (χ1v) is 15.0. The fourth-order valence-corrected chi connectivity index (χ4v) is 5.85. The minimum absolute atomic E-state index is 0.175. The van der Waals surface area contributed by atoms with E-state index in [1.165, 1.54) is 12.1 Å². The first-order chi connectivity index (χ1) is 19.7. The predicted octanol–water partition coefficient (Wildman–Crippen LogP) is 6.98. The number of hydrogen-bond acceptors (Lipinski definition) is 5. The Labute approximate surface area is 255 Å². The topological polar surface area (TPSA) is 85.3 Å². The van der Waals surface area contributed by atoms with Crippen molar-refractivity contribution in [1.82, 2.24) is 15.2 Å². The van der Waals surface area contributed by atoms with Crippen molar-refractivity contribution in [3.63, 3.8) is 0 Å². The van der Waals surface area contributed by atoms with E-state index in [1.54, 1.807) is 10.7 Å². The molecule has 0 radical (unpaired) electrons. The number of aromatic nitrogens is 2. The molecule has 2 aromatic carbocycles. The van der Waals surface area contributed by atoms with Crippen LogP contribution in [0.5, 0.6) is 0 Å². The molecule has 0 saturated carbocycles. The maximum Gasteiger partial charge on any atom is 0.443 e. The molecule has 3 amide bonds. The summed E-state index contributed by atoms with van der Waals surface area (Å²) in [4.78, 5) is 27.1. The average molecular weight is 642 g/mol. The Morgan fingerprint density at radius 3 is 2.40 bits per heavy atom. The zero-order valence-electron chi connectivity index (χ0n) is 25.5. The van der Waals surface area contributed by atoms with Gasteiger partial charge in [-0.1, -0.05) is 60.5 Å². The van der Waals surface area contributed by atoms with Crippen LogP contribution in [0.4, 0.5) is 15.0 Å². The first-order valence-electron chi connectivity index (χ1n) is 14.1. The molecule has 10 heteroatoms. The standard InChI is InChI=1S/C32H39BrFN5O3/c1-19(2)39(22(5)16-26(29(33)30(39)40)42-18-23-11-12-24(34)15-21(23)4)31(41)36-35-28-17-27(32(6,7)8)37-38(28)25-13-9-20(3)10-14-25/h9-17,19,22,29H,18H2,1-8H3,(H-,35,36,37,41)/p+1. The molecule has 1 aliphatic rings. The number of rotatable bonds is 7. The highest BCUT2D eigenvalue weighted by molar-refractivity contribution is 9.10. The molecular weight excluding hydrogens is 601 g/mol. The zero-order valence-corrected chi connectivity index (χ0v) is 27.0. The minimum atomic E-state index is -0.840. The van der Waals surface area contributed by atoms with E-state index in [4.69, 9.17) is 9.84 Å². The Morgan fingerprint density at radius 2 is 1.81 bits per heavy atom. The molecule has 1 aromatic heterocycles. The number of ether oxygens (including phenoxy) is 1. The van der Waals surface area contributed by atoms with Gasteiger partial charge in [-0.05, 0) is 70.0 Å². The number of nitrogens with zero attached hydrogens (tertiary/aromatic N) is 3. The Morgan fingerprint density at radius 1 is 1.14 bits per heavy atom. The minimum Gasteiger partial charge on any atom is -0.491 e. The normalized spacial score (nSPS) is 20.8. The summed E-state index contributed by atoms with van der Waals surface area (Å²) in [5.74, 6) is 0.345. The third kappa shape index (κ3) is 6.01. The van der Waals surface area contributed by atoms with Gasteiger partial charge < -0.3 is 4.74 Å². The summed E-state index contributed by atoms with van der Waals surface area (Å²) in [5, 5.41) is 4.81. The van der Waals surface area contributed by atoms with E-state index in [0.717, 1.165) is 28.1 Å². The number of nitrogens with one attached hydrogen (secondary N) is 2. The third-order valence-corrected chi connectivity index (χ3v) is 8.63. The van der Waals surface area contributed by atoms with E-state index in [1.807, 2.05) is 71.0 Å². The SMILES string of the molecule is Cc1ccc(-n2nc(C(C)(C)C)cc2NNC(=O)[N+]2(C(C)C)C(=O)C(Br)C(OCc3ccc(F)cc3C)=CC2C)cc1.